The number of esters is 1. The van der Waals surface area contributed by atoms with Gasteiger partial charge >= 0.3 is 5.97 Å². The molecule has 1 aliphatic rings. The second-order valence-corrected chi connectivity index (χ2v) is 12.4. The molecule has 0 amide bonds. The molecular formula is C35H38N2O8S. The third-order valence-electron chi connectivity index (χ3n) is 7.43. The number of nitrogens with zero attached hydrogens (tertiary/aromatic N) is 1. The van der Waals surface area contributed by atoms with Crippen LogP contribution in [0.5, 0.6) is 17.2 Å². The Labute approximate surface area is 271 Å². The average Bonchev–Trinajstić information content (AvgIpc) is 3.06. The first kappa shape index (κ1) is 33.4. The number of benzene rings is 3. The molecule has 0 radical (unpaired) electrons. The van der Waals surface area contributed by atoms with Gasteiger partial charge in [0.2, 0.25) is 0 Å². The summed E-state index contributed by atoms with van der Waals surface area (Å²) in [5, 5.41) is 23.5. The van der Waals surface area contributed by atoms with Crippen LogP contribution in [0, 0.1) is 0 Å². The van der Waals surface area contributed by atoms with E-state index in [0.29, 0.717) is 62.0 Å². The maximum absolute atomic E-state index is 11.7. The molecule has 0 spiro atoms. The fourth-order valence-corrected chi connectivity index (χ4v) is 5.56. The Hall–Kier alpha value is -3.97. The van der Waals surface area contributed by atoms with E-state index in [1.807, 2.05) is 48.5 Å². The zero-order chi connectivity index (χ0) is 32.5. The number of hydrogen-bond acceptors (Lipinski definition) is 10. The van der Waals surface area contributed by atoms with E-state index in [9.17, 15) is 19.6 Å². The van der Waals surface area contributed by atoms with Gasteiger partial charge in [-0.05, 0) is 101 Å². The minimum absolute atomic E-state index is 0.259. The number of aliphatic hydroxyl groups is 2. The van der Waals surface area contributed by atoms with Crippen LogP contribution in [0.4, 0.5) is 0 Å². The van der Waals surface area contributed by atoms with E-state index in [0.717, 1.165) is 27.1 Å². The Kier molecular flexibility index (Phi) is 11.6. The van der Waals surface area contributed by atoms with Crippen molar-refractivity contribution >= 4 is 17.1 Å². The topological polar surface area (TPSA) is 142 Å². The van der Waals surface area contributed by atoms with Crippen LogP contribution in [0.1, 0.15) is 35.3 Å². The fraction of sp³-hybridized carbons (Fsp3) is 0.314. The smallest absolute Gasteiger partial charge is 0.308 e. The molecule has 0 fully saturated rings. The van der Waals surface area contributed by atoms with Gasteiger partial charge in [-0.15, -0.1) is 0 Å². The molecule has 11 heteroatoms. The number of nitrogens with one attached hydrogen (secondary N) is 1. The summed E-state index contributed by atoms with van der Waals surface area (Å²) < 4.78 is 34.8. The number of ether oxygens (including phenoxy) is 4. The lowest BCUT2D eigenvalue weighted by molar-refractivity contribution is -0.131. The highest BCUT2D eigenvalue weighted by atomic mass is 32.2. The number of pyridine rings is 1. The molecule has 5 rings (SSSR count). The van der Waals surface area contributed by atoms with Gasteiger partial charge in [0.25, 0.3) is 0 Å². The molecule has 0 saturated heterocycles. The Bertz CT molecular complexity index is 1610. The summed E-state index contributed by atoms with van der Waals surface area (Å²) in [7, 11) is 0. The summed E-state index contributed by atoms with van der Waals surface area (Å²) in [6, 6.07) is 20.4. The molecular weight excluding hydrogens is 608 g/mol. The summed E-state index contributed by atoms with van der Waals surface area (Å²) in [6.07, 6.45) is 4.89. The van der Waals surface area contributed by atoms with Gasteiger partial charge in [0.15, 0.2) is 22.5 Å². The third kappa shape index (κ3) is 9.06. The zero-order valence-electron chi connectivity index (χ0n) is 25.8. The standard InChI is InChI=1S/C35H38N2O8S/c1-23(39)44-33-10-6-27(15-29(33)19-38)32(40)18-36-12-11-24-3-9-34-35(14-24)45-30(22-43-34)21-42-20-25-13-28(17-37-16-25)26-4-7-31(8-5-26)46(2)41/h3-10,13-17,30,32,36,38,40H,11-12,18-22H2,1-2H3/t30-,32+,46?/m1/s1. The van der Waals surface area contributed by atoms with E-state index in [4.69, 9.17) is 18.9 Å². The number of carbonyl (C=O) groups excluding carboxylic acids is 1. The lowest BCUT2D eigenvalue weighted by Gasteiger charge is -2.27. The number of aromatic nitrogens is 1. The van der Waals surface area contributed by atoms with E-state index >= 15 is 0 Å². The van der Waals surface area contributed by atoms with Crippen molar-refractivity contribution < 1.29 is 38.5 Å². The lowest BCUT2D eigenvalue weighted by atomic mass is 10.0. The summed E-state index contributed by atoms with van der Waals surface area (Å²) in [6.45, 7) is 3.04. The number of aliphatic hydroxyl groups excluding tert-OH is 2. The molecule has 0 saturated carbocycles. The zero-order valence-corrected chi connectivity index (χ0v) is 26.6. The van der Waals surface area contributed by atoms with Gasteiger partial charge in [-0.1, -0.05) is 12.1 Å². The van der Waals surface area contributed by atoms with Crippen LogP contribution in [0.3, 0.4) is 0 Å². The van der Waals surface area contributed by atoms with Crippen molar-refractivity contribution in [3.63, 3.8) is 0 Å². The Morgan fingerprint density at radius 2 is 1.89 bits per heavy atom. The SMILES string of the molecule is CC(=O)Oc1ccc([C@@H](O)CNCCc2ccc3c(c2)O[C@H](COCc2cncc(-c4ccc([S+](C)[O-])cc4)c2)CO3)cc1CO. The molecule has 1 unspecified atom stereocenters. The van der Waals surface area contributed by atoms with E-state index < -0.39 is 23.2 Å². The lowest BCUT2D eigenvalue weighted by Crippen LogP contribution is -2.33. The monoisotopic (exact) mass is 646 g/mol. The molecule has 3 atom stereocenters. The van der Waals surface area contributed by atoms with Gasteiger partial charge in [0, 0.05) is 37.0 Å². The summed E-state index contributed by atoms with van der Waals surface area (Å²) in [5.74, 6) is 1.17. The predicted molar refractivity (Wildman–Crippen MR) is 173 cm³/mol. The minimum Gasteiger partial charge on any atom is -0.612 e. The van der Waals surface area contributed by atoms with Crippen LogP contribution in [-0.2, 0) is 40.3 Å². The molecule has 3 N–H and O–H groups in total. The van der Waals surface area contributed by atoms with Crippen molar-refractivity contribution in [1.82, 2.24) is 10.3 Å². The van der Waals surface area contributed by atoms with Crippen molar-refractivity contribution in [2.75, 3.05) is 32.6 Å². The first-order chi connectivity index (χ1) is 22.3. The Balaban J connectivity index is 1.07. The summed E-state index contributed by atoms with van der Waals surface area (Å²) >= 11 is -1.02. The van der Waals surface area contributed by atoms with Crippen LogP contribution >= 0.6 is 0 Å². The highest BCUT2D eigenvalue weighted by molar-refractivity contribution is 7.90. The highest BCUT2D eigenvalue weighted by Gasteiger charge is 2.22. The number of hydrogen-bond donors (Lipinski definition) is 3. The highest BCUT2D eigenvalue weighted by Crippen LogP contribution is 2.33. The van der Waals surface area contributed by atoms with E-state index in [1.165, 1.54) is 6.92 Å². The van der Waals surface area contributed by atoms with Crippen molar-refractivity contribution in [2.45, 2.75) is 43.7 Å². The second kappa shape index (κ2) is 16.0. The molecule has 0 aliphatic carbocycles. The van der Waals surface area contributed by atoms with Crippen LogP contribution in [-0.4, -0.2) is 64.4 Å². The molecule has 46 heavy (non-hydrogen) atoms. The first-order valence-electron chi connectivity index (χ1n) is 15.0. The molecule has 10 nitrogen and oxygen atoms in total. The molecule has 2 heterocycles. The molecule has 3 aromatic carbocycles. The van der Waals surface area contributed by atoms with Crippen LogP contribution < -0.4 is 19.5 Å². The van der Waals surface area contributed by atoms with Crippen molar-refractivity contribution in [2.24, 2.45) is 0 Å². The van der Waals surface area contributed by atoms with E-state index in [-0.39, 0.29) is 18.5 Å². The Morgan fingerprint density at radius 1 is 1.07 bits per heavy atom. The van der Waals surface area contributed by atoms with Crippen LogP contribution in [0.25, 0.3) is 11.1 Å². The molecule has 1 aromatic heterocycles. The van der Waals surface area contributed by atoms with Gasteiger partial charge in [-0.2, -0.15) is 0 Å². The van der Waals surface area contributed by atoms with Gasteiger partial charge in [-0.3, -0.25) is 9.78 Å². The fourth-order valence-electron chi connectivity index (χ4n) is 5.04. The molecule has 0 bridgehead atoms. The maximum Gasteiger partial charge on any atom is 0.308 e. The average molecular weight is 647 g/mol. The van der Waals surface area contributed by atoms with Gasteiger partial charge in [0.1, 0.15) is 18.6 Å². The summed E-state index contributed by atoms with van der Waals surface area (Å²) in [5.41, 5.74) is 5.00. The quantitative estimate of drug-likeness (QED) is 0.0793. The third-order valence-corrected chi connectivity index (χ3v) is 8.37. The van der Waals surface area contributed by atoms with E-state index in [1.54, 1.807) is 36.8 Å². The molecule has 1 aliphatic heterocycles. The van der Waals surface area contributed by atoms with Gasteiger partial charge < -0.3 is 39.0 Å². The summed E-state index contributed by atoms with van der Waals surface area (Å²) in [4.78, 5) is 16.4. The van der Waals surface area contributed by atoms with E-state index in [2.05, 4.69) is 10.3 Å². The van der Waals surface area contributed by atoms with Gasteiger partial charge in [-0.25, -0.2) is 0 Å². The number of fused-ring (bicyclic) bond motifs is 1. The van der Waals surface area contributed by atoms with Crippen LogP contribution in [0.15, 0.2) is 84.0 Å². The maximum atomic E-state index is 11.7. The largest absolute Gasteiger partial charge is 0.612 e. The van der Waals surface area contributed by atoms with Crippen LogP contribution in [0.2, 0.25) is 0 Å². The normalized spacial score (nSPS) is 15.3. The van der Waals surface area contributed by atoms with Crippen molar-refractivity contribution in [3.05, 3.63) is 101 Å². The Morgan fingerprint density at radius 3 is 2.65 bits per heavy atom. The first-order valence-corrected chi connectivity index (χ1v) is 16.5. The number of carbonyl (C=O) groups is 1. The molecule has 242 valence electrons. The predicted octanol–water partition coefficient (Wildman–Crippen LogP) is 4.13. The minimum atomic E-state index is -1.02. The van der Waals surface area contributed by atoms with Crippen molar-refractivity contribution in [3.8, 4) is 28.4 Å². The van der Waals surface area contributed by atoms with Crippen molar-refractivity contribution in [1.29, 1.82) is 0 Å². The second-order valence-electron chi connectivity index (χ2n) is 11.0. The molecule has 4 aromatic rings. The number of rotatable bonds is 14. The van der Waals surface area contributed by atoms with Gasteiger partial charge in [0.05, 0.1) is 25.9 Å².